The third-order valence-electron chi connectivity index (χ3n) is 5.81. The fourth-order valence-electron chi connectivity index (χ4n) is 3.99. The number of halogens is 3. The van der Waals surface area contributed by atoms with Crippen molar-refractivity contribution in [2.75, 3.05) is 5.32 Å². The smallest absolute Gasteiger partial charge is 0.309 e. The van der Waals surface area contributed by atoms with Crippen LogP contribution in [0, 0.1) is 11.6 Å². The lowest BCUT2D eigenvalue weighted by Crippen LogP contribution is -2.11. The molecule has 0 spiro atoms. The molecule has 0 aliphatic rings. The lowest BCUT2D eigenvalue weighted by atomic mass is 10.0. The molecule has 0 saturated carbocycles. The number of carbonyl (C=O) groups is 2. The highest BCUT2D eigenvalue weighted by Crippen LogP contribution is 2.41. The quantitative estimate of drug-likeness (QED) is 0.228. The van der Waals surface area contributed by atoms with Gasteiger partial charge in [0.2, 0.25) is 5.88 Å². The van der Waals surface area contributed by atoms with Gasteiger partial charge in [-0.05, 0) is 90.5 Å². The van der Waals surface area contributed by atoms with Crippen molar-refractivity contribution in [3.63, 3.8) is 0 Å². The van der Waals surface area contributed by atoms with Crippen LogP contribution < -0.4 is 10.1 Å². The number of amides is 1. The van der Waals surface area contributed by atoms with Gasteiger partial charge in [-0.1, -0.05) is 23.7 Å². The molecular weight excluding hydrogens is 524 g/mol. The normalized spacial score (nSPS) is 10.8. The van der Waals surface area contributed by atoms with E-state index in [1.54, 1.807) is 60.7 Å². The molecule has 1 N–H and O–H groups in total. The highest BCUT2D eigenvalue weighted by atomic mass is 35.5. The first-order valence-corrected chi connectivity index (χ1v) is 12.2. The summed E-state index contributed by atoms with van der Waals surface area (Å²) in [6.45, 7) is 1.26. The minimum absolute atomic E-state index is 0.103. The van der Waals surface area contributed by atoms with E-state index in [4.69, 9.17) is 16.3 Å². The fourth-order valence-corrected chi connectivity index (χ4v) is 4.11. The van der Waals surface area contributed by atoms with E-state index in [0.717, 1.165) is 0 Å². The molecular formula is C30H20ClF2N3O3. The molecule has 5 aromatic rings. The Kier molecular flexibility index (Phi) is 7.21. The molecule has 9 heteroatoms. The summed E-state index contributed by atoms with van der Waals surface area (Å²) in [6.07, 6.45) is 0. The molecule has 0 bridgehead atoms. The van der Waals surface area contributed by atoms with Gasteiger partial charge in [-0.15, -0.1) is 0 Å². The topological polar surface area (TPSA) is 73.2 Å². The standard InChI is InChI=1S/C30H20ClF2N3O3/c1-18(37)39-30-27(19-6-14-25(15-7-19)34-29(38)21-2-8-22(31)9-3-21)28(20-4-10-23(32)11-5-20)35-36(30)26-16-12-24(33)13-17-26/h2-17H,1H3,(H,34,38). The van der Waals surface area contributed by atoms with Gasteiger partial charge in [0.1, 0.15) is 17.3 Å². The molecule has 194 valence electrons. The molecule has 1 aromatic heterocycles. The van der Waals surface area contributed by atoms with E-state index in [0.29, 0.717) is 44.3 Å². The highest BCUT2D eigenvalue weighted by molar-refractivity contribution is 6.30. The third kappa shape index (κ3) is 5.71. The first kappa shape index (κ1) is 25.8. The predicted molar refractivity (Wildman–Crippen MR) is 145 cm³/mol. The van der Waals surface area contributed by atoms with E-state index in [9.17, 15) is 18.4 Å². The number of ether oxygens (including phenoxy) is 1. The Labute approximate surface area is 227 Å². The van der Waals surface area contributed by atoms with Crippen LogP contribution >= 0.6 is 11.6 Å². The highest BCUT2D eigenvalue weighted by Gasteiger charge is 2.25. The maximum absolute atomic E-state index is 13.7. The van der Waals surface area contributed by atoms with Gasteiger partial charge in [-0.3, -0.25) is 9.59 Å². The summed E-state index contributed by atoms with van der Waals surface area (Å²) in [4.78, 5) is 24.8. The summed E-state index contributed by atoms with van der Waals surface area (Å²) < 4.78 is 34.3. The van der Waals surface area contributed by atoms with Gasteiger partial charge < -0.3 is 10.1 Å². The number of nitrogens with one attached hydrogen (secondary N) is 1. The van der Waals surface area contributed by atoms with Crippen LogP contribution in [-0.4, -0.2) is 21.7 Å². The summed E-state index contributed by atoms with van der Waals surface area (Å²) in [7, 11) is 0. The lowest BCUT2D eigenvalue weighted by Gasteiger charge is -2.11. The summed E-state index contributed by atoms with van der Waals surface area (Å²) >= 11 is 5.90. The van der Waals surface area contributed by atoms with Crippen molar-refractivity contribution < 1.29 is 23.1 Å². The van der Waals surface area contributed by atoms with Crippen LogP contribution in [0.15, 0.2) is 97.1 Å². The summed E-state index contributed by atoms with van der Waals surface area (Å²) in [6, 6.07) is 24.7. The Hall–Kier alpha value is -4.82. The van der Waals surface area contributed by atoms with Gasteiger partial charge in [0.05, 0.1) is 11.3 Å². The lowest BCUT2D eigenvalue weighted by molar-refractivity contribution is -0.132. The van der Waals surface area contributed by atoms with Crippen LogP contribution in [0.3, 0.4) is 0 Å². The van der Waals surface area contributed by atoms with E-state index in [1.807, 2.05) is 0 Å². The van der Waals surface area contributed by atoms with Gasteiger partial charge in [-0.2, -0.15) is 9.78 Å². The molecule has 0 unspecified atom stereocenters. The van der Waals surface area contributed by atoms with Gasteiger partial charge in [-0.25, -0.2) is 8.78 Å². The van der Waals surface area contributed by atoms with Crippen LogP contribution in [0.25, 0.3) is 28.1 Å². The molecule has 0 radical (unpaired) electrons. The minimum atomic E-state index is -0.586. The molecule has 0 aliphatic heterocycles. The molecule has 39 heavy (non-hydrogen) atoms. The van der Waals surface area contributed by atoms with Crippen molar-refractivity contribution in [1.82, 2.24) is 9.78 Å². The summed E-state index contributed by atoms with van der Waals surface area (Å²) in [5.41, 5.74) is 3.48. The van der Waals surface area contributed by atoms with Gasteiger partial charge >= 0.3 is 5.97 Å². The van der Waals surface area contributed by atoms with Crippen molar-refractivity contribution in [2.45, 2.75) is 6.92 Å². The zero-order valence-electron chi connectivity index (χ0n) is 20.5. The molecule has 1 amide bonds. The van der Waals surface area contributed by atoms with Crippen molar-refractivity contribution >= 4 is 29.2 Å². The Morgan fingerprint density at radius 3 is 1.95 bits per heavy atom. The maximum Gasteiger partial charge on any atom is 0.309 e. The third-order valence-corrected chi connectivity index (χ3v) is 6.06. The number of benzene rings is 4. The maximum atomic E-state index is 13.7. The Balaban J connectivity index is 1.59. The second-order valence-electron chi connectivity index (χ2n) is 8.56. The van der Waals surface area contributed by atoms with Gasteiger partial charge in [0.15, 0.2) is 0 Å². The van der Waals surface area contributed by atoms with E-state index in [1.165, 1.54) is 48.0 Å². The van der Waals surface area contributed by atoms with E-state index in [-0.39, 0.29) is 11.8 Å². The zero-order valence-corrected chi connectivity index (χ0v) is 21.2. The second-order valence-corrected chi connectivity index (χ2v) is 8.99. The number of esters is 1. The number of nitrogens with zero attached hydrogens (tertiary/aromatic N) is 2. The molecule has 6 nitrogen and oxygen atoms in total. The van der Waals surface area contributed by atoms with Crippen molar-refractivity contribution in [3.05, 3.63) is 119 Å². The van der Waals surface area contributed by atoms with Gasteiger partial charge in [0, 0.05) is 28.8 Å². The molecule has 0 atom stereocenters. The average Bonchev–Trinajstić information content (AvgIpc) is 3.28. The van der Waals surface area contributed by atoms with Gasteiger partial charge in [0.25, 0.3) is 5.91 Å². The number of hydrogen-bond acceptors (Lipinski definition) is 4. The number of hydrogen-bond donors (Lipinski definition) is 1. The number of anilines is 1. The second kappa shape index (κ2) is 10.9. The van der Waals surface area contributed by atoms with Crippen molar-refractivity contribution in [1.29, 1.82) is 0 Å². The zero-order chi connectivity index (χ0) is 27.5. The molecule has 5 rings (SSSR count). The molecule has 0 fully saturated rings. The molecule has 0 aliphatic carbocycles. The van der Waals surface area contributed by atoms with Crippen LogP contribution in [0.2, 0.25) is 5.02 Å². The molecule has 4 aromatic carbocycles. The Morgan fingerprint density at radius 2 is 1.36 bits per heavy atom. The first-order chi connectivity index (χ1) is 18.8. The van der Waals surface area contributed by atoms with Crippen molar-refractivity contribution in [3.8, 4) is 34.0 Å². The van der Waals surface area contributed by atoms with E-state index >= 15 is 0 Å². The number of carbonyl (C=O) groups excluding carboxylic acids is 2. The average molecular weight is 544 g/mol. The summed E-state index contributed by atoms with van der Waals surface area (Å²) in [5, 5.41) is 8.02. The Morgan fingerprint density at radius 1 is 0.795 bits per heavy atom. The minimum Gasteiger partial charge on any atom is -0.407 e. The van der Waals surface area contributed by atoms with E-state index in [2.05, 4.69) is 10.4 Å². The predicted octanol–water partition coefficient (Wildman–Crippen LogP) is 7.32. The largest absolute Gasteiger partial charge is 0.407 e. The van der Waals surface area contributed by atoms with Crippen molar-refractivity contribution in [2.24, 2.45) is 0 Å². The Bertz CT molecular complexity index is 1650. The SMILES string of the molecule is CC(=O)Oc1c(-c2ccc(NC(=O)c3ccc(Cl)cc3)cc2)c(-c2ccc(F)cc2)nn1-c1ccc(F)cc1. The number of aromatic nitrogens is 2. The monoisotopic (exact) mass is 543 g/mol. The van der Waals surface area contributed by atoms with Crippen LogP contribution in [0.5, 0.6) is 5.88 Å². The molecule has 1 heterocycles. The number of rotatable bonds is 6. The van der Waals surface area contributed by atoms with Crippen LogP contribution in [0.4, 0.5) is 14.5 Å². The van der Waals surface area contributed by atoms with E-state index < -0.39 is 17.6 Å². The summed E-state index contributed by atoms with van der Waals surface area (Å²) in [5.74, 6) is -1.64. The van der Waals surface area contributed by atoms with Crippen LogP contribution in [0.1, 0.15) is 17.3 Å². The fraction of sp³-hybridized carbons (Fsp3) is 0.0333. The molecule has 0 saturated heterocycles. The van der Waals surface area contributed by atoms with Crippen LogP contribution in [-0.2, 0) is 4.79 Å². The first-order valence-electron chi connectivity index (χ1n) is 11.8.